The Hall–Kier alpha value is -2.36. The van der Waals surface area contributed by atoms with Crippen LogP contribution < -0.4 is 0 Å². The van der Waals surface area contributed by atoms with Crippen molar-refractivity contribution in [3.63, 3.8) is 0 Å². The summed E-state index contributed by atoms with van der Waals surface area (Å²) in [6, 6.07) is 5.91. The molecule has 0 spiro atoms. The average molecular weight is 456 g/mol. The van der Waals surface area contributed by atoms with E-state index in [1.54, 1.807) is 0 Å². The zero-order valence-corrected chi connectivity index (χ0v) is 18.1. The molecule has 1 fully saturated rings. The van der Waals surface area contributed by atoms with Crippen LogP contribution in [0.25, 0.3) is 0 Å². The van der Waals surface area contributed by atoms with Gasteiger partial charge in [0.2, 0.25) is 5.91 Å². The molecule has 1 aliphatic heterocycles. The van der Waals surface area contributed by atoms with E-state index >= 15 is 0 Å². The normalized spacial score (nSPS) is 22.1. The number of aryl methyl sites for hydroxylation is 3. The van der Waals surface area contributed by atoms with Crippen LogP contribution in [0.4, 0.5) is 13.2 Å². The van der Waals surface area contributed by atoms with E-state index in [9.17, 15) is 26.4 Å². The molecule has 0 saturated carbocycles. The minimum atomic E-state index is -5.54. The van der Waals surface area contributed by atoms with E-state index in [0.717, 1.165) is 23.7 Å². The van der Waals surface area contributed by atoms with Crippen LogP contribution in [-0.2, 0) is 34.1 Å². The van der Waals surface area contributed by atoms with Gasteiger partial charge in [0.25, 0.3) is 0 Å². The Kier molecular flexibility index (Phi) is 5.39. The van der Waals surface area contributed by atoms with Gasteiger partial charge in [-0.2, -0.15) is 30.8 Å². The lowest BCUT2D eigenvalue weighted by molar-refractivity contribution is -0.133. The number of hydrogen-bond acceptors (Lipinski definition) is 4. The predicted molar refractivity (Wildman–Crippen MR) is 108 cm³/mol. The molecule has 1 unspecified atom stereocenters. The number of carbonyl (C=O) groups excluding carboxylic acids is 1. The Morgan fingerprint density at radius 2 is 1.84 bits per heavy atom. The topological polar surface area (TPSA) is 72.3 Å². The summed E-state index contributed by atoms with van der Waals surface area (Å²) in [4.78, 5) is 14.9. The summed E-state index contributed by atoms with van der Waals surface area (Å²) < 4.78 is 61.8. The number of hydrogen-bond donors (Lipinski definition) is 0. The fourth-order valence-electron chi connectivity index (χ4n) is 4.69. The van der Waals surface area contributed by atoms with Crippen LogP contribution in [-0.4, -0.2) is 46.5 Å². The van der Waals surface area contributed by atoms with E-state index in [-0.39, 0.29) is 22.0 Å². The van der Waals surface area contributed by atoms with Gasteiger partial charge in [-0.15, -0.1) is 0 Å². The SMILES string of the molecule is Cc1cccc(C)c1CC1CCN([C@@H]2CCc3nn(S(=O)(=O)C(F)(F)F)cc3C2)C1=O. The summed E-state index contributed by atoms with van der Waals surface area (Å²) in [6.45, 7) is 4.67. The fourth-order valence-corrected chi connectivity index (χ4v) is 5.37. The van der Waals surface area contributed by atoms with Gasteiger partial charge in [0.15, 0.2) is 0 Å². The molecule has 1 amide bonds. The molecule has 6 nitrogen and oxygen atoms in total. The molecule has 0 bridgehead atoms. The molecule has 2 aromatic rings. The summed E-state index contributed by atoms with van der Waals surface area (Å²) in [6.07, 6.45) is 3.55. The van der Waals surface area contributed by atoms with Gasteiger partial charge in [0, 0.05) is 24.7 Å². The summed E-state index contributed by atoms with van der Waals surface area (Å²) in [5.41, 5.74) is -1.10. The third-order valence-electron chi connectivity index (χ3n) is 6.45. The molecule has 0 radical (unpaired) electrons. The van der Waals surface area contributed by atoms with Crippen molar-refractivity contribution in [1.29, 1.82) is 0 Å². The Balaban J connectivity index is 1.49. The number of nitrogens with zero attached hydrogens (tertiary/aromatic N) is 3. The molecule has 31 heavy (non-hydrogen) atoms. The van der Waals surface area contributed by atoms with Crippen LogP contribution in [0.2, 0.25) is 0 Å². The molecule has 1 aromatic carbocycles. The lowest BCUT2D eigenvalue weighted by Gasteiger charge is -2.31. The van der Waals surface area contributed by atoms with E-state index in [1.165, 1.54) is 5.56 Å². The van der Waals surface area contributed by atoms with Crippen molar-refractivity contribution in [2.45, 2.75) is 57.5 Å². The highest BCUT2D eigenvalue weighted by Gasteiger charge is 2.48. The summed E-state index contributed by atoms with van der Waals surface area (Å²) in [5.74, 6) is -0.0547. The van der Waals surface area contributed by atoms with Crippen LogP contribution in [0.3, 0.4) is 0 Å². The second-order valence-electron chi connectivity index (χ2n) is 8.41. The van der Waals surface area contributed by atoms with Crippen molar-refractivity contribution in [2.24, 2.45) is 5.92 Å². The van der Waals surface area contributed by atoms with E-state index < -0.39 is 15.5 Å². The zero-order chi connectivity index (χ0) is 22.6. The third kappa shape index (κ3) is 3.86. The van der Waals surface area contributed by atoms with Gasteiger partial charge in [-0.1, -0.05) is 18.2 Å². The van der Waals surface area contributed by atoms with Gasteiger partial charge >= 0.3 is 15.5 Å². The predicted octanol–water partition coefficient (Wildman–Crippen LogP) is 3.15. The monoisotopic (exact) mass is 455 g/mol. The highest BCUT2D eigenvalue weighted by Crippen LogP contribution is 2.33. The van der Waals surface area contributed by atoms with Gasteiger partial charge in [0.1, 0.15) is 0 Å². The number of alkyl halides is 3. The van der Waals surface area contributed by atoms with E-state index in [4.69, 9.17) is 0 Å². The van der Waals surface area contributed by atoms with Crippen LogP contribution in [0, 0.1) is 19.8 Å². The summed E-state index contributed by atoms with van der Waals surface area (Å²) in [7, 11) is -5.54. The van der Waals surface area contributed by atoms with Gasteiger partial charge in [-0.3, -0.25) is 4.79 Å². The Morgan fingerprint density at radius 3 is 2.48 bits per heavy atom. The number of amides is 1. The first kappa shape index (κ1) is 21.9. The second-order valence-corrected chi connectivity index (χ2v) is 10.2. The first-order valence-electron chi connectivity index (χ1n) is 10.2. The van der Waals surface area contributed by atoms with Gasteiger partial charge < -0.3 is 4.90 Å². The van der Waals surface area contributed by atoms with E-state index in [0.29, 0.717) is 43.5 Å². The number of aromatic nitrogens is 2. The zero-order valence-electron chi connectivity index (χ0n) is 17.3. The largest absolute Gasteiger partial charge is 0.518 e. The molecule has 10 heteroatoms. The first-order valence-corrected chi connectivity index (χ1v) is 11.7. The van der Waals surface area contributed by atoms with Crippen molar-refractivity contribution in [2.75, 3.05) is 6.54 Å². The fraction of sp³-hybridized carbons (Fsp3) is 0.524. The Morgan fingerprint density at radius 1 is 1.16 bits per heavy atom. The molecule has 168 valence electrons. The number of rotatable bonds is 4. The van der Waals surface area contributed by atoms with Crippen molar-refractivity contribution < 1.29 is 26.4 Å². The summed E-state index contributed by atoms with van der Waals surface area (Å²) >= 11 is 0. The number of fused-ring (bicyclic) bond motifs is 1. The highest BCUT2D eigenvalue weighted by atomic mass is 32.2. The minimum absolute atomic E-state index is 0.0234. The molecule has 4 rings (SSSR count). The Labute approximate surface area is 179 Å². The van der Waals surface area contributed by atoms with Crippen LogP contribution in [0.1, 0.15) is 40.8 Å². The Bertz CT molecular complexity index is 1100. The van der Waals surface area contributed by atoms with Crippen LogP contribution >= 0.6 is 0 Å². The lowest BCUT2D eigenvalue weighted by Crippen LogP contribution is -2.41. The lowest BCUT2D eigenvalue weighted by atomic mass is 9.91. The first-order chi connectivity index (χ1) is 14.5. The number of likely N-dealkylation sites (tertiary alicyclic amines) is 1. The molecule has 2 aliphatic rings. The van der Waals surface area contributed by atoms with Gasteiger partial charge in [0.05, 0.1) is 5.69 Å². The molecular weight excluding hydrogens is 431 g/mol. The minimum Gasteiger partial charge on any atom is -0.339 e. The summed E-state index contributed by atoms with van der Waals surface area (Å²) in [5, 5.41) is 3.66. The van der Waals surface area contributed by atoms with Crippen molar-refractivity contribution in [1.82, 2.24) is 14.1 Å². The van der Waals surface area contributed by atoms with Gasteiger partial charge in [-0.05, 0) is 68.2 Å². The third-order valence-corrected chi connectivity index (χ3v) is 7.72. The molecule has 1 aliphatic carbocycles. The van der Waals surface area contributed by atoms with E-state index in [1.807, 2.05) is 36.9 Å². The number of carbonyl (C=O) groups is 1. The molecule has 2 atom stereocenters. The van der Waals surface area contributed by atoms with Crippen molar-refractivity contribution >= 4 is 15.9 Å². The standard InChI is InChI=1S/C21H24F3N3O3S/c1-13-4-3-5-14(2)18(13)11-15-8-9-26(20(15)28)17-6-7-19-16(10-17)12-27(25-19)31(29,30)21(22,23)24/h3-5,12,15,17H,6-11H2,1-2H3/t15?,17-/m1/s1. The quantitative estimate of drug-likeness (QED) is 0.710. The maximum Gasteiger partial charge on any atom is 0.518 e. The number of benzene rings is 1. The molecule has 1 aromatic heterocycles. The maximum absolute atomic E-state index is 13.1. The maximum atomic E-state index is 13.1. The van der Waals surface area contributed by atoms with Crippen molar-refractivity contribution in [3.8, 4) is 0 Å². The van der Waals surface area contributed by atoms with E-state index in [2.05, 4.69) is 5.10 Å². The number of halogens is 3. The van der Waals surface area contributed by atoms with Crippen LogP contribution in [0.15, 0.2) is 24.4 Å². The highest BCUT2D eigenvalue weighted by molar-refractivity contribution is 7.90. The van der Waals surface area contributed by atoms with Crippen LogP contribution in [0.5, 0.6) is 0 Å². The van der Waals surface area contributed by atoms with Gasteiger partial charge in [-0.25, -0.2) is 0 Å². The second kappa shape index (κ2) is 7.65. The molecule has 0 N–H and O–H groups in total. The molecule has 2 heterocycles. The molecular formula is C21H24F3N3O3S. The smallest absolute Gasteiger partial charge is 0.339 e. The van der Waals surface area contributed by atoms with Crippen molar-refractivity contribution in [3.05, 3.63) is 52.3 Å². The molecule has 1 saturated heterocycles. The average Bonchev–Trinajstić information content (AvgIpc) is 3.27.